The third kappa shape index (κ3) is 6.39. The molecule has 320 valence electrons. The van der Waals surface area contributed by atoms with Crippen LogP contribution in [0, 0.1) is 39.4 Å². The second kappa shape index (κ2) is 14.6. The van der Waals surface area contributed by atoms with Gasteiger partial charge in [0.2, 0.25) is 0 Å². The number of ether oxygens (including phenoxy) is 4. The Balaban J connectivity index is 1.16. The SMILES string of the molecule is C[C@H](C[C@H](OC(=O)c1ccccc1)[C@@H](OC(=O)c1ccccc1)C(C)(C)O)[C@]12CC[C@@]3(C)[C@@]1(C[C@H](OC(=O)c1ccccc1)[C@H]1[C@@]4(C)CCC(=O)C(C)(C)[C@@H]4CC[C@@]13C)O2. The highest BCUT2D eigenvalue weighted by molar-refractivity contribution is 5.91. The summed E-state index contributed by atoms with van der Waals surface area (Å²) >= 11 is 0. The van der Waals surface area contributed by atoms with Gasteiger partial charge in [0.25, 0.3) is 0 Å². The van der Waals surface area contributed by atoms with Crippen molar-refractivity contribution in [3.63, 3.8) is 0 Å². The topological polar surface area (TPSA) is 129 Å². The first-order valence-electron chi connectivity index (χ1n) is 22.0. The molecule has 0 amide bonds. The smallest absolute Gasteiger partial charge is 0.338 e. The zero-order chi connectivity index (χ0) is 43.1. The average Bonchev–Trinajstić information content (AvgIpc) is 3.81. The van der Waals surface area contributed by atoms with Gasteiger partial charge in [-0.25, -0.2) is 14.4 Å². The number of benzene rings is 3. The molecule has 60 heavy (non-hydrogen) atoms. The zero-order valence-corrected chi connectivity index (χ0v) is 36.5. The highest BCUT2D eigenvalue weighted by Gasteiger charge is 2.89. The first-order chi connectivity index (χ1) is 28.2. The average molecular weight is 819 g/mol. The molecule has 4 saturated carbocycles. The van der Waals surface area contributed by atoms with Gasteiger partial charge in [-0.3, -0.25) is 4.79 Å². The Hall–Kier alpha value is -4.34. The number of epoxide rings is 1. The third-order valence-corrected chi connectivity index (χ3v) is 16.8. The van der Waals surface area contributed by atoms with Crippen LogP contribution in [-0.4, -0.2) is 63.9 Å². The molecular formula is C51H62O9. The molecule has 8 rings (SSSR count). The molecule has 4 aliphatic carbocycles. The quantitative estimate of drug-likeness (QED) is 0.114. The maximum absolute atomic E-state index is 14.1. The van der Waals surface area contributed by atoms with E-state index in [1.807, 2.05) is 24.3 Å². The van der Waals surface area contributed by atoms with Crippen molar-refractivity contribution in [1.82, 2.24) is 0 Å². The molecule has 1 saturated heterocycles. The molecule has 1 spiro atoms. The van der Waals surface area contributed by atoms with E-state index < -0.39 is 52.5 Å². The van der Waals surface area contributed by atoms with Gasteiger partial charge in [-0.1, -0.05) is 96.1 Å². The molecule has 9 heteroatoms. The molecule has 5 aliphatic rings. The molecule has 0 unspecified atom stereocenters. The van der Waals surface area contributed by atoms with Crippen LogP contribution >= 0.6 is 0 Å². The standard InChI is InChI=1S/C51H62O9/c1-32(30-36(57-42(53)33-18-12-9-13-19-33)41(46(4,5)56)59-44(55)35-22-16-11-17-23-35)50-29-28-49(8)48(7)27-24-38-45(2,3)39(52)25-26-47(38,6)40(48)37(31-51(49,50)60-50)58-43(54)34-20-14-10-15-21-34/h9-23,32,36-38,40-41,56H,24-31H2,1-8H3/t32-,36+,37+,38+,40+,41-,47+,48+,49-,50-,51-/m1/s1. The fraction of sp³-hybridized carbons (Fsp3) is 0.569. The van der Waals surface area contributed by atoms with E-state index in [9.17, 15) is 24.3 Å². The molecule has 0 bridgehead atoms. The summed E-state index contributed by atoms with van der Waals surface area (Å²) in [4.78, 5) is 55.1. The molecule has 1 N–H and O–H groups in total. The monoisotopic (exact) mass is 818 g/mol. The van der Waals surface area contributed by atoms with Crippen LogP contribution in [0.1, 0.15) is 138 Å². The first kappa shape index (κ1) is 42.4. The summed E-state index contributed by atoms with van der Waals surface area (Å²) in [7, 11) is 0. The number of fused-ring (bicyclic) bond motifs is 4. The normalized spacial score (nSPS) is 35.3. The molecule has 9 nitrogen and oxygen atoms in total. The van der Waals surface area contributed by atoms with E-state index in [0.29, 0.717) is 35.3 Å². The Labute approximate surface area is 354 Å². The van der Waals surface area contributed by atoms with Crippen LogP contribution in [-0.2, 0) is 23.7 Å². The summed E-state index contributed by atoms with van der Waals surface area (Å²) < 4.78 is 26.5. The number of hydrogen-bond donors (Lipinski definition) is 1. The van der Waals surface area contributed by atoms with Crippen LogP contribution in [0.2, 0.25) is 0 Å². The second-order valence-corrected chi connectivity index (χ2v) is 20.6. The minimum atomic E-state index is -1.60. The Bertz CT molecular complexity index is 2130. The number of carbonyl (C=O) groups excluding carboxylic acids is 4. The van der Waals surface area contributed by atoms with E-state index in [4.69, 9.17) is 18.9 Å². The molecule has 3 aromatic rings. The largest absolute Gasteiger partial charge is 0.458 e. The van der Waals surface area contributed by atoms with Gasteiger partial charge in [0.1, 0.15) is 29.2 Å². The van der Waals surface area contributed by atoms with E-state index in [1.165, 1.54) is 0 Å². The van der Waals surface area contributed by atoms with Gasteiger partial charge >= 0.3 is 17.9 Å². The fourth-order valence-electron chi connectivity index (χ4n) is 13.7. The van der Waals surface area contributed by atoms with Crippen LogP contribution in [0.15, 0.2) is 91.0 Å². The number of rotatable bonds is 11. The molecule has 0 radical (unpaired) electrons. The van der Waals surface area contributed by atoms with Gasteiger partial charge in [-0.2, -0.15) is 0 Å². The van der Waals surface area contributed by atoms with Crippen LogP contribution in [0.3, 0.4) is 0 Å². The molecule has 1 heterocycles. The van der Waals surface area contributed by atoms with Crippen LogP contribution in [0.4, 0.5) is 0 Å². The Morgan fingerprint density at radius 1 is 0.767 bits per heavy atom. The first-order valence-corrected chi connectivity index (χ1v) is 22.0. The molecule has 3 aromatic carbocycles. The minimum absolute atomic E-state index is 0.0220. The van der Waals surface area contributed by atoms with E-state index in [2.05, 4.69) is 41.5 Å². The number of aliphatic hydroxyl groups is 1. The van der Waals surface area contributed by atoms with Gasteiger partial charge in [-0.15, -0.1) is 0 Å². The number of esters is 3. The zero-order valence-electron chi connectivity index (χ0n) is 36.5. The van der Waals surface area contributed by atoms with Crippen molar-refractivity contribution in [2.45, 2.75) is 142 Å². The lowest BCUT2D eigenvalue weighted by molar-refractivity contribution is -0.242. The lowest BCUT2D eigenvalue weighted by atomic mass is 9.34. The maximum Gasteiger partial charge on any atom is 0.338 e. The number of ketones is 1. The summed E-state index contributed by atoms with van der Waals surface area (Å²) in [6.07, 6.45) is 2.63. The number of hydrogen-bond acceptors (Lipinski definition) is 9. The lowest BCUT2D eigenvalue weighted by Gasteiger charge is -2.69. The summed E-state index contributed by atoms with van der Waals surface area (Å²) in [5.41, 5.74) is -3.17. The minimum Gasteiger partial charge on any atom is -0.458 e. The van der Waals surface area contributed by atoms with E-state index in [-0.39, 0.29) is 46.4 Å². The van der Waals surface area contributed by atoms with Crippen LogP contribution < -0.4 is 0 Å². The Kier molecular flexibility index (Phi) is 10.3. The van der Waals surface area contributed by atoms with Gasteiger partial charge < -0.3 is 24.1 Å². The van der Waals surface area contributed by atoms with Gasteiger partial charge in [0.05, 0.1) is 22.3 Å². The predicted molar refractivity (Wildman–Crippen MR) is 226 cm³/mol. The lowest BCUT2D eigenvalue weighted by Crippen LogP contribution is -2.69. The number of carbonyl (C=O) groups is 4. The van der Waals surface area contributed by atoms with Crippen molar-refractivity contribution < 1.29 is 43.2 Å². The summed E-state index contributed by atoms with van der Waals surface area (Å²) in [6.45, 7) is 16.6. The highest BCUT2D eigenvalue weighted by atomic mass is 16.6. The summed E-state index contributed by atoms with van der Waals surface area (Å²) in [6, 6.07) is 26.4. The van der Waals surface area contributed by atoms with Crippen molar-refractivity contribution in [2.24, 2.45) is 39.4 Å². The third-order valence-electron chi connectivity index (χ3n) is 16.8. The molecule has 5 fully saturated rings. The van der Waals surface area contributed by atoms with Crippen LogP contribution in [0.25, 0.3) is 0 Å². The van der Waals surface area contributed by atoms with Crippen molar-refractivity contribution in [2.75, 3.05) is 0 Å². The molecular weight excluding hydrogens is 757 g/mol. The van der Waals surface area contributed by atoms with Crippen molar-refractivity contribution in [1.29, 1.82) is 0 Å². The fourth-order valence-corrected chi connectivity index (χ4v) is 13.7. The van der Waals surface area contributed by atoms with Gasteiger partial charge in [0.15, 0.2) is 6.10 Å². The number of Topliss-reactive ketones (excluding diaryl/α,β-unsaturated/α-hetero) is 1. The van der Waals surface area contributed by atoms with Gasteiger partial charge in [-0.05, 0) is 111 Å². The van der Waals surface area contributed by atoms with E-state index in [0.717, 1.165) is 32.1 Å². The van der Waals surface area contributed by atoms with Crippen molar-refractivity contribution in [3.8, 4) is 0 Å². The van der Waals surface area contributed by atoms with Crippen LogP contribution in [0.5, 0.6) is 0 Å². The highest BCUT2D eigenvalue weighted by Crippen LogP contribution is 2.84. The van der Waals surface area contributed by atoms with E-state index >= 15 is 0 Å². The van der Waals surface area contributed by atoms with Crippen molar-refractivity contribution >= 4 is 23.7 Å². The summed E-state index contributed by atoms with van der Waals surface area (Å²) in [5, 5.41) is 11.7. The molecule has 1 aliphatic heterocycles. The predicted octanol–water partition coefficient (Wildman–Crippen LogP) is 9.60. The molecule has 11 atom stereocenters. The van der Waals surface area contributed by atoms with E-state index in [1.54, 1.807) is 80.6 Å². The Morgan fingerprint density at radius 2 is 1.30 bits per heavy atom. The Morgan fingerprint density at radius 3 is 1.85 bits per heavy atom. The summed E-state index contributed by atoms with van der Waals surface area (Å²) in [5.74, 6) is -1.39. The maximum atomic E-state index is 14.1. The second-order valence-electron chi connectivity index (χ2n) is 20.6. The molecule has 0 aromatic heterocycles. The van der Waals surface area contributed by atoms with Gasteiger partial charge in [0, 0.05) is 29.6 Å². The van der Waals surface area contributed by atoms with Crippen molar-refractivity contribution in [3.05, 3.63) is 108 Å².